The fourth-order valence-electron chi connectivity index (χ4n) is 7.77. The number of nitrogens with zero attached hydrogens (tertiary/aromatic N) is 3. The molecule has 3 nitrogen and oxygen atoms in total. The summed E-state index contributed by atoms with van der Waals surface area (Å²) in [5, 5.41) is 3.47. The third kappa shape index (κ3) is 4.08. The minimum absolute atomic E-state index is 0.168. The van der Waals surface area contributed by atoms with Gasteiger partial charge in [0.2, 0.25) is 0 Å². The second-order valence-corrected chi connectivity index (χ2v) is 12.6. The Morgan fingerprint density at radius 1 is 0.438 bits per heavy atom. The van der Waals surface area contributed by atoms with Crippen LogP contribution in [-0.4, -0.2) is 14.5 Å². The lowest BCUT2D eigenvalue weighted by atomic mass is 9.88. The van der Waals surface area contributed by atoms with Gasteiger partial charge >= 0.3 is 0 Å². The van der Waals surface area contributed by atoms with Crippen LogP contribution in [0.15, 0.2) is 170 Å². The van der Waals surface area contributed by atoms with Gasteiger partial charge in [-0.1, -0.05) is 127 Å². The first kappa shape index (κ1) is 26.9. The molecule has 0 bridgehead atoms. The summed E-state index contributed by atoms with van der Waals surface area (Å²) < 4.78 is 2.35. The van der Waals surface area contributed by atoms with Crippen molar-refractivity contribution in [1.82, 2.24) is 14.5 Å². The molecule has 7 aromatic carbocycles. The van der Waals surface area contributed by atoms with Crippen molar-refractivity contribution in [3.63, 3.8) is 0 Å². The summed E-state index contributed by atoms with van der Waals surface area (Å²) in [6, 6.07) is 60.8. The Morgan fingerprint density at radius 3 is 1.92 bits per heavy atom. The van der Waals surface area contributed by atoms with Gasteiger partial charge < -0.3 is 4.57 Å². The molecule has 0 N–H and O–H groups in total. The highest BCUT2D eigenvalue weighted by atomic mass is 15.0. The van der Waals surface area contributed by atoms with Gasteiger partial charge in [0.1, 0.15) is 0 Å². The minimum atomic E-state index is 0.168. The van der Waals surface area contributed by atoms with E-state index in [1.54, 1.807) is 0 Å². The first-order chi connectivity index (χ1) is 23.8. The van der Waals surface area contributed by atoms with Gasteiger partial charge in [0.15, 0.2) is 5.82 Å². The molecule has 0 spiro atoms. The second-order valence-electron chi connectivity index (χ2n) is 12.6. The summed E-state index contributed by atoms with van der Waals surface area (Å²) in [5.41, 5.74) is 14.1. The van der Waals surface area contributed by atoms with Crippen molar-refractivity contribution in [1.29, 1.82) is 0 Å². The molecule has 1 aliphatic carbocycles. The van der Waals surface area contributed by atoms with Gasteiger partial charge in [-0.05, 0) is 70.3 Å². The van der Waals surface area contributed by atoms with Crippen molar-refractivity contribution in [3.8, 4) is 39.5 Å². The molecule has 2 heterocycles. The van der Waals surface area contributed by atoms with Gasteiger partial charge in [-0.3, -0.25) is 0 Å². The minimum Gasteiger partial charge on any atom is -0.309 e. The van der Waals surface area contributed by atoms with Crippen LogP contribution in [0.5, 0.6) is 0 Å². The summed E-state index contributed by atoms with van der Waals surface area (Å²) in [4.78, 5) is 10.5. The molecule has 1 aliphatic rings. The van der Waals surface area contributed by atoms with Gasteiger partial charge in [-0.15, -0.1) is 0 Å². The highest BCUT2D eigenvalue weighted by Gasteiger charge is 2.29. The third-order valence-electron chi connectivity index (χ3n) is 9.88. The Labute approximate surface area is 278 Å². The van der Waals surface area contributed by atoms with E-state index in [-0.39, 0.29) is 5.92 Å². The maximum Gasteiger partial charge on any atom is 0.160 e. The van der Waals surface area contributed by atoms with Gasteiger partial charge in [-0.2, -0.15) is 0 Å². The van der Waals surface area contributed by atoms with Crippen LogP contribution in [0.25, 0.3) is 72.2 Å². The SMILES string of the molecule is c1ccc(-n2c3ccccc3c3cc(-c4nc(-c5cccc(C6c7ccccc7-c7ccccc76)c5)nc5ccccc45)ccc32)cc1. The monoisotopic (exact) mass is 611 g/mol. The van der Waals surface area contributed by atoms with Crippen LogP contribution < -0.4 is 0 Å². The number of rotatable bonds is 4. The van der Waals surface area contributed by atoms with Crippen molar-refractivity contribution in [2.45, 2.75) is 5.92 Å². The zero-order chi connectivity index (χ0) is 31.6. The zero-order valence-corrected chi connectivity index (χ0v) is 26.1. The Balaban J connectivity index is 1.15. The van der Waals surface area contributed by atoms with Crippen molar-refractivity contribution >= 4 is 32.7 Å². The van der Waals surface area contributed by atoms with Crippen LogP contribution in [-0.2, 0) is 0 Å². The van der Waals surface area contributed by atoms with E-state index in [1.807, 2.05) is 0 Å². The Morgan fingerprint density at radius 2 is 1.10 bits per heavy atom. The molecule has 48 heavy (non-hydrogen) atoms. The summed E-state index contributed by atoms with van der Waals surface area (Å²) in [6.45, 7) is 0. The first-order valence-electron chi connectivity index (χ1n) is 16.5. The van der Waals surface area contributed by atoms with E-state index in [1.165, 1.54) is 49.6 Å². The maximum atomic E-state index is 5.33. The van der Waals surface area contributed by atoms with E-state index in [0.29, 0.717) is 0 Å². The van der Waals surface area contributed by atoms with Gasteiger partial charge in [-0.25, -0.2) is 9.97 Å². The molecule has 224 valence electrons. The number of para-hydroxylation sites is 3. The van der Waals surface area contributed by atoms with Crippen molar-refractivity contribution < 1.29 is 0 Å². The standard InChI is InChI=1S/C45H29N3/c1-2-15-32(16-3-1)48-41-24-11-9-19-35(41)39-28-30(25-26-42(39)48)44-38-22-8-10-23-40(38)46-45(47-44)31-14-12-13-29(27-31)43-36-20-6-4-17-33(36)34-18-5-7-21-37(34)43/h1-28,43H. The fourth-order valence-corrected chi connectivity index (χ4v) is 7.77. The predicted octanol–water partition coefficient (Wildman–Crippen LogP) is 11.2. The molecule has 0 radical (unpaired) electrons. The molecular weight excluding hydrogens is 583 g/mol. The molecule has 0 amide bonds. The molecule has 0 atom stereocenters. The molecule has 2 aromatic heterocycles. The molecule has 0 unspecified atom stereocenters. The van der Waals surface area contributed by atoms with Crippen LogP contribution in [0.3, 0.4) is 0 Å². The van der Waals surface area contributed by atoms with Crippen LogP contribution in [0.4, 0.5) is 0 Å². The largest absolute Gasteiger partial charge is 0.309 e. The Bertz CT molecular complexity index is 2640. The topological polar surface area (TPSA) is 30.7 Å². The van der Waals surface area contributed by atoms with E-state index in [2.05, 4.69) is 174 Å². The number of fused-ring (bicyclic) bond motifs is 7. The highest BCUT2D eigenvalue weighted by Crippen LogP contribution is 2.48. The molecule has 9 aromatic rings. The Kier molecular flexibility index (Phi) is 5.94. The van der Waals surface area contributed by atoms with Crippen LogP contribution in [0, 0.1) is 0 Å². The molecular formula is C45H29N3. The fraction of sp³-hybridized carbons (Fsp3) is 0.0222. The van der Waals surface area contributed by atoms with E-state index < -0.39 is 0 Å². The second kappa shape index (κ2) is 10.6. The molecule has 0 saturated carbocycles. The third-order valence-corrected chi connectivity index (χ3v) is 9.88. The van der Waals surface area contributed by atoms with E-state index in [0.717, 1.165) is 39.2 Å². The lowest BCUT2D eigenvalue weighted by Gasteiger charge is -2.16. The molecule has 3 heteroatoms. The smallest absolute Gasteiger partial charge is 0.160 e. The lowest BCUT2D eigenvalue weighted by Crippen LogP contribution is -2.00. The molecule has 0 saturated heterocycles. The summed E-state index contributed by atoms with van der Waals surface area (Å²) >= 11 is 0. The molecule has 10 rings (SSSR count). The predicted molar refractivity (Wildman–Crippen MR) is 198 cm³/mol. The summed E-state index contributed by atoms with van der Waals surface area (Å²) in [6.07, 6.45) is 0. The van der Waals surface area contributed by atoms with Crippen LogP contribution >= 0.6 is 0 Å². The average molecular weight is 612 g/mol. The quantitative estimate of drug-likeness (QED) is 0.198. The van der Waals surface area contributed by atoms with Gasteiger partial charge in [0.25, 0.3) is 0 Å². The van der Waals surface area contributed by atoms with E-state index >= 15 is 0 Å². The number of hydrogen-bond donors (Lipinski definition) is 0. The van der Waals surface area contributed by atoms with Crippen molar-refractivity contribution in [2.75, 3.05) is 0 Å². The van der Waals surface area contributed by atoms with Crippen LogP contribution in [0.2, 0.25) is 0 Å². The van der Waals surface area contributed by atoms with Gasteiger partial charge in [0, 0.05) is 38.9 Å². The van der Waals surface area contributed by atoms with E-state index in [9.17, 15) is 0 Å². The molecule has 0 fully saturated rings. The number of aromatic nitrogens is 3. The maximum absolute atomic E-state index is 5.33. The first-order valence-corrected chi connectivity index (χ1v) is 16.5. The summed E-state index contributed by atoms with van der Waals surface area (Å²) in [7, 11) is 0. The van der Waals surface area contributed by atoms with E-state index in [4.69, 9.17) is 9.97 Å². The van der Waals surface area contributed by atoms with Crippen LogP contribution in [0.1, 0.15) is 22.6 Å². The average Bonchev–Trinajstić information content (AvgIpc) is 3.67. The lowest BCUT2D eigenvalue weighted by molar-refractivity contribution is 1.01. The van der Waals surface area contributed by atoms with Crippen molar-refractivity contribution in [2.24, 2.45) is 0 Å². The van der Waals surface area contributed by atoms with Crippen molar-refractivity contribution in [3.05, 3.63) is 187 Å². The number of hydrogen-bond acceptors (Lipinski definition) is 2. The summed E-state index contributed by atoms with van der Waals surface area (Å²) in [5.74, 6) is 0.901. The number of benzene rings is 7. The van der Waals surface area contributed by atoms with Gasteiger partial charge in [0.05, 0.1) is 22.2 Å². The highest BCUT2D eigenvalue weighted by molar-refractivity contribution is 6.11. The normalized spacial score (nSPS) is 12.5. The zero-order valence-electron chi connectivity index (χ0n) is 26.1. The molecule has 0 aliphatic heterocycles. The Hall–Kier alpha value is -6.32.